The quantitative estimate of drug-likeness (QED) is 0.900. The number of rotatable bonds is 4. The van der Waals surface area contributed by atoms with Crippen LogP contribution >= 0.6 is 0 Å². The van der Waals surface area contributed by atoms with Crippen molar-refractivity contribution in [1.82, 2.24) is 19.5 Å². The zero-order valence-electron chi connectivity index (χ0n) is 13.5. The zero-order chi connectivity index (χ0) is 16.0. The standard InChI is InChI=1S/C16H21N5OS/c1-21(2)23(22)16-18-15(19-20-16)17-14-12-7-3-5-10(12)9-11-6-4-8-13(11)14/h9H,3-8H2,1-2H3,(H2,17,18,19,20). The molecule has 0 fully saturated rings. The summed E-state index contributed by atoms with van der Waals surface area (Å²) in [5.41, 5.74) is 6.99. The molecule has 0 aliphatic heterocycles. The molecule has 122 valence electrons. The van der Waals surface area contributed by atoms with Crippen molar-refractivity contribution in [2.75, 3.05) is 19.4 Å². The average molecular weight is 331 g/mol. The first kappa shape index (κ1) is 14.8. The van der Waals surface area contributed by atoms with E-state index in [1.807, 2.05) is 0 Å². The highest BCUT2D eigenvalue weighted by Crippen LogP contribution is 2.39. The molecule has 2 N–H and O–H groups in total. The van der Waals surface area contributed by atoms with E-state index in [1.165, 1.54) is 53.6 Å². The van der Waals surface area contributed by atoms with Gasteiger partial charge in [-0.05, 0) is 74.9 Å². The first-order valence-electron chi connectivity index (χ1n) is 8.08. The number of hydrogen-bond donors (Lipinski definition) is 2. The van der Waals surface area contributed by atoms with Crippen molar-refractivity contribution in [3.8, 4) is 0 Å². The Morgan fingerprint density at radius 1 is 1.13 bits per heavy atom. The highest BCUT2D eigenvalue weighted by Gasteiger charge is 2.25. The number of aromatic amines is 1. The lowest BCUT2D eigenvalue weighted by molar-refractivity contribution is 0.594. The number of nitrogens with zero attached hydrogens (tertiary/aromatic N) is 3. The van der Waals surface area contributed by atoms with Gasteiger partial charge >= 0.3 is 0 Å². The molecule has 1 aromatic carbocycles. The van der Waals surface area contributed by atoms with Crippen LogP contribution in [-0.4, -0.2) is 37.8 Å². The van der Waals surface area contributed by atoms with Gasteiger partial charge in [0.15, 0.2) is 11.0 Å². The second-order valence-corrected chi connectivity index (χ2v) is 8.00. The minimum atomic E-state index is -1.31. The van der Waals surface area contributed by atoms with E-state index in [0.717, 1.165) is 12.8 Å². The van der Waals surface area contributed by atoms with Crippen molar-refractivity contribution in [3.05, 3.63) is 28.3 Å². The summed E-state index contributed by atoms with van der Waals surface area (Å²) < 4.78 is 13.7. The molecule has 1 aromatic heterocycles. The van der Waals surface area contributed by atoms with E-state index in [-0.39, 0.29) is 0 Å². The third kappa shape index (κ3) is 2.57. The maximum atomic E-state index is 12.1. The van der Waals surface area contributed by atoms with Crippen LogP contribution in [0.3, 0.4) is 0 Å². The van der Waals surface area contributed by atoms with Crippen LogP contribution in [0.4, 0.5) is 11.6 Å². The predicted octanol–water partition coefficient (Wildman–Crippen LogP) is 2.11. The maximum Gasteiger partial charge on any atom is 0.247 e. The Labute approximate surface area is 138 Å². The third-order valence-electron chi connectivity index (χ3n) is 4.67. The van der Waals surface area contributed by atoms with Crippen LogP contribution in [0.15, 0.2) is 11.2 Å². The summed E-state index contributed by atoms with van der Waals surface area (Å²) in [6, 6.07) is 2.40. The van der Waals surface area contributed by atoms with E-state index in [2.05, 4.69) is 26.6 Å². The smallest absolute Gasteiger partial charge is 0.247 e. The van der Waals surface area contributed by atoms with Crippen LogP contribution in [0, 0.1) is 0 Å². The van der Waals surface area contributed by atoms with Gasteiger partial charge in [-0.2, -0.15) is 4.98 Å². The molecule has 0 bridgehead atoms. The minimum Gasteiger partial charge on any atom is -0.322 e. The minimum absolute atomic E-state index is 0.377. The lowest BCUT2D eigenvalue weighted by Crippen LogP contribution is -2.16. The van der Waals surface area contributed by atoms with E-state index in [1.54, 1.807) is 18.4 Å². The Morgan fingerprint density at radius 2 is 1.78 bits per heavy atom. The van der Waals surface area contributed by atoms with E-state index >= 15 is 0 Å². The summed E-state index contributed by atoms with van der Waals surface area (Å²) in [6.45, 7) is 0. The monoisotopic (exact) mass is 331 g/mol. The average Bonchev–Trinajstić information content (AvgIpc) is 3.25. The van der Waals surface area contributed by atoms with Crippen LogP contribution in [0.25, 0.3) is 0 Å². The number of anilines is 2. The van der Waals surface area contributed by atoms with Gasteiger partial charge in [0.05, 0.1) is 0 Å². The van der Waals surface area contributed by atoms with E-state index < -0.39 is 11.0 Å². The molecule has 1 unspecified atom stereocenters. The van der Waals surface area contributed by atoms with Crippen LogP contribution in [0.5, 0.6) is 0 Å². The Bertz CT molecular complexity index is 751. The molecule has 7 heteroatoms. The number of fused-ring (bicyclic) bond motifs is 2. The molecule has 0 radical (unpaired) electrons. The number of benzene rings is 1. The molecule has 1 atom stereocenters. The first-order chi connectivity index (χ1) is 11.1. The number of nitrogens with one attached hydrogen (secondary N) is 2. The van der Waals surface area contributed by atoms with Crippen molar-refractivity contribution in [1.29, 1.82) is 0 Å². The molecular formula is C16H21N5OS. The highest BCUT2D eigenvalue weighted by atomic mass is 32.2. The molecule has 2 aromatic rings. The topological polar surface area (TPSA) is 73.9 Å². The lowest BCUT2D eigenvalue weighted by atomic mass is 9.99. The van der Waals surface area contributed by atoms with Gasteiger partial charge in [-0.3, -0.25) is 0 Å². The van der Waals surface area contributed by atoms with Crippen LogP contribution in [-0.2, 0) is 36.7 Å². The Morgan fingerprint density at radius 3 is 2.39 bits per heavy atom. The van der Waals surface area contributed by atoms with Gasteiger partial charge in [-0.15, -0.1) is 5.10 Å². The summed E-state index contributed by atoms with van der Waals surface area (Å²) in [6.07, 6.45) is 7.01. The number of aromatic nitrogens is 3. The molecule has 0 saturated carbocycles. The Kier molecular flexibility index (Phi) is 3.69. The predicted molar refractivity (Wildman–Crippen MR) is 90.3 cm³/mol. The van der Waals surface area contributed by atoms with Crippen molar-refractivity contribution in [3.63, 3.8) is 0 Å². The molecule has 0 spiro atoms. The highest BCUT2D eigenvalue weighted by molar-refractivity contribution is 7.82. The van der Waals surface area contributed by atoms with E-state index in [4.69, 9.17) is 0 Å². The first-order valence-corrected chi connectivity index (χ1v) is 9.19. The molecule has 4 rings (SSSR count). The number of aryl methyl sites for hydroxylation is 2. The Hall–Kier alpha value is -1.73. The molecule has 0 saturated heterocycles. The Balaban J connectivity index is 1.69. The summed E-state index contributed by atoms with van der Waals surface area (Å²) >= 11 is 0. The van der Waals surface area contributed by atoms with Gasteiger partial charge in [0.1, 0.15) is 0 Å². The van der Waals surface area contributed by atoms with Crippen molar-refractivity contribution >= 4 is 22.6 Å². The molecule has 1 heterocycles. The fourth-order valence-electron chi connectivity index (χ4n) is 3.63. The number of hydrogen-bond acceptors (Lipinski definition) is 4. The van der Waals surface area contributed by atoms with E-state index in [9.17, 15) is 4.21 Å². The summed E-state index contributed by atoms with van der Waals surface area (Å²) in [7, 11) is 2.20. The summed E-state index contributed by atoms with van der Waals surface area (Å²) in [5, 5.41) is 10.8. The second-order valence-electron chi connectivity index (χ2n) is 6.38. The van der Waals surface area contributed by atoms with E-state index in [0.29, 0.717) is 11.1 Å². The van der Waals surface area contributed by atoms with Gasteiger partial charge in [0.2, 0.25) is 11.1 Å². The lowest BCUT2D eigenvalue weighted by Gasteiger charge is -2.15. The fourth-order valence-corrected chi connectivity index (χ4v) is 4.27. The van der Waals surface area contributed by atoms with Crippen molar-refractivity contribution in [2.24, 2.45) is 0 Å². The largest absolute Gasteiger partial charge is 0.322 e. The van der Waals surface area contributed by atoms with Crippen LogP contribution in [0.2, 0.25) is 0 Å². The zero-order valence-corrected chi connectivity index (χ0v) is 14.3. The summed E-state index contributed by atoms with van der Waals surface area (Å²) in [5.74, 6) is 0.504. The normalized spacial score (nSPS) is 17.3. The van der Waals surface area contributed by atoms with Gasteiger partial charge in [-0.25, -0.2) is 13.6 Å². The van der Waals surface area contributed by atoms with Crippen LogP contribution in [0.1, 0.15) is 35.1 Å². The molecule has 2 aliphatic carbocycles. The maximum absolute atomic E-state index is 12.1. The van der Waals surface area contributed by atoms with Gasteiger partial charge < -0.3 is 5.32 Å². The van der Waals surface area contributed by atoms with Gasteiger partial charge in [0.25, 0.3) is 0 Å². The van der Waals surface area contributed by atoms with Gasteiger partial charge in [0, 0.05) is 5.69 Å². The fraction of sp³-hybridized carbons (Fsp3) is 0.500. The molecule has 23 heavy (non-hydrogen) atoms. The SMILES string of the molecule is CN(C)S(=O)c1nc(Nc2c3c(cc4c2CCC4)CCC3)n[nH]1. The van der Waals surface area contributed by atoms with Crippen molar-refractivity contribution < 1.29 is 4.21 Å². The van der Waals surface area contributed by atoms with Crippen molar-refractivity contribution in [2.45, 2.75) is 43.7 Å². The van der Waals surface area contributed by atoms with Crippen LogP contribution < -0.4 is 5.32 Å². The molecular weight excluding hydrogens is 310 g/mol. The number of H-pyrrole nitrogens is 1. The molecule has 6 nitrogen and oxygen atoms in total. The molecule has 0 amide bonds. The molecule has 2 aliphatic rings. The third-order valence-corrected chi connectivity index (χ3v) is 5.85. The van der Waals surface area contributed by atoms with Gasteiger partial charge in [-0.1, -0.05) is 6.07 Å². The summed E-state index contributed by atoms with van der Waals surface area (Å²) in [4.78, 5) is 4.36. The second kappa shape index (κ2) is 5.72.